The maximum atomic E-state index is 12.9. The van der Waals surface area contributed by atoms with Gasteiger partial charge in [-0.3, -0.25) is 14.5 Å². The monoisotopic (exact) mass is 372 g/mol. The van der Waals surface area contributed by atoms with E-state index in [4.69, 9.17) is 0 Å². The number of hydrogen-bond acceptors (Lipinski definition) is 4. The zero-order chi connectivity index (χ0) is 18.7. The minimum Gasteiger partial charge on any atom is -0.274 e. The largest absolute Gasteiger partial charge is 0.274 e. The van der Waals surface area contributed by atoms with Crippen LogP contribution in [0, 0.1) is 0 Å². The van der Waals surface area contributed by atoms with Crippen molar-refractivity contribution in [2.45, 2.75) is 31.2 Å². The molecule has 0 saturated carbocycles. The number of benzene rings is 2. The quantitative estimate of drug-likeness (QED) is 0.731. The van der Waals surface area contributed by atoms with Gasteiger partial charge in [0.15, 0.2) is 0 Å². The number of imide groups is 1. The van der Waals surface area contributed by atoms with Gasteiger partial charge in [-0.05, 0) is 29.8 Å². The lowest BCUT2D eigenvalue weighted by atomic mass is 10.2. The SMILES string of the molecule is CCN(Cc1ccccc1)S(=O)(=O)c1ccc(N2C(=O)CCC2=O)cc1. The van der Waals surface area contributed by atoms with E-state index in [0.717, 1.165) is 10.5 Å². The van der Waals surface area contributed by atoms with E-state index in [1.165, 1.54) is 28.6 Å². The molecule has 1 saturated heterocycles. The number of rotatable bonds is 6. The molecular weight excluding hydrogens is 352 g/mol. The van der Waals surface area contributed by atoms with Crippen molar-refractivity contribution in [2.75, 3.05) is 11.4 Å². The van der Waals surface area contributed by atoms with Gasteiger partial charge < -0.3 is 0 Å². The highest BCUT2D eigenvalue weighted by molar-refractivity contribution is 7.89. The van der Waals surface area contributed by atoms with Gasteiger partial charge in [0.05, 0.1) is 10.6 Å². The van der Waals surface area contributed by atoms with E-state index in [1.54, 1.807) is 6.92 Å². The Kier molecular flexibility index (Phi) is 5.20. The highest BCUT2D eigenvalue weighted by atomic mass is 32.2. The first-order valence-electron chi connectivity index (χ1n) is 8.43. The second kappa shape index (κ2) is 7.39. The van der Waals surface area contributed by atoms with Crippen LogP contribution < -0.4 is 4.90 Å². The summed E-state index contributed by atoms with van der Waals surface area (Å²) in [4.78, 5) is 24.9. The number of amides is 2. The summed E-state index contributed by atoms with van der Waals surface area (Å²) in [5.41, 5.74) is 1.31. The van der Waals surface area contributed by atoms with Gasteiger partial charge in [0.2, 0.25) is 21.8 Å². The first-order valence-corrected chi connectivity index (χ1v) is 9.87. The molecule has 26 heavy (non-hydrogen) atoms. The molecule has 0 spiro atoms. The molecule has 0 unspecified atom stereocenters. The van der Waals surface area contributed by atoms with Crippen LogP contribution >= 0.6 is 0 Å². The average molecular weight is 372 g/mol. The zero-order valence-electron chi connectivity index (χ0n) is 14.5. The Morgan fingerprint density at radius 1 is 0.923 bits per heavy atom. The minimum absolute atomic E-state index is 0.137. The standard InChI is InChI=1S/C19H20N2O4S/c1-2-20(14-15-6-4-3-5-7-15)26(24,25)17-10-8-16(9-11-17)21-18(22)12-13-19(21)23/h3-11H,2,12-14H2,1H3. The number of anilines is 1. The molecule has 1 heterocycles. The van der Waals surface area contributed by atoms with Crippen LogP contribution in [0.2, 0.25) is 0 Å². The maximum absolute atomic E-state index is 12.9. The molecule has 0 aliphatic carbocycles. The molecule has 1 fully saturated rings. The van der Waals surface area contributed by atoms with Gasteiger partial charge in [0.1, 0.15) is 0 Å². The fraction of sp³-hybridized carbons (Fsp3) is 0.263. The first-order chi connectivity index (χ1) is 12.4. The Morgan fingerprint density at radius 2 is 1.50 bits per heavy atom. The van der Waals surface area contributed by atoms with E-state index >= 15 is 0 Å². The summed E-state index contributed by atoms with van der Waals surface area (Å²) in [6, 6.07) is 15.3. The van der Waals surface area contributed by atoms with Crippen LogP contribution in [0.15, 0.2) is 59.5 Å². The Hall–Kier alpha value is -2.51. The summed E-state index contributed by atoms with van der Waals surface area (Å²) in [6.07, 6.45) is 0.388. The normalized spacial score (nSPS) is 15.1. The lowest BCUT2D eigenvalue weighted by Gasteiger charge is -2.21. The first kappa shape index (κ1) is 18.3. The highest BCUT2D eigenvalue weighted by Gasteiger charge is 2.31. The van der Waals surface area contributed by atoms with Crippen LogP contribution in [0.25, 0.3) is 0 Å². The predicted octanol–water partition coefficient (Wildman–Crippen LogP) is 2.55. The lowest BCUT2D eigenvalue weighted by Crippen LogP contribution is -2.31. The van der Waals surface area contributed by atoms with Gasteiger partial charge in [-0.15, -0.1) is 0 Å². The summed E-state index contributed by atoms with van der Waals surface area (Å²) >= 11 is 0. The van der Waals surface area contributed by atoms with Crippen LogP contribution in [-0.4, -0.2) is 31.1 Å². The summed E-state index contributed by atoms with van der Waals surface area (Å²) in [5.74, 6) is -0.519. The molecule has 3 rings (SSSR count). The van der Waals surface area contributed by atoms with Crippen molar-refractivity contribution in [1.82, 2.24) is 4.31 Å². The van der Waals surface area contributed by atoms with Gasteiger partial charge in [-0.2, -0.15) is 4.31 Å². The van der Waals surface area contributed by atoms with Gasteiger partial charge in [-0.25, -0.2) is 8.42 Å². The van der Waals surface area contributed by atoms with Crippen molar-refractivity contribution in [3.8, 4) is 0 Å². The third-order valence-electron chi connectivity index (χ3n) is 4.34. The summed E-state index contributed by atoms with van der Waals surface area (Å²) in [5, 5.41) is 0. The number of sulfonamides is 1. The van der Waals surface area contributed by atoms with Crippen molar-refractivity contribution in [1.29, 1.82) is 0 Å². The summed E-state index contributed by atoms with van der Waals surface area (Å²) in [7, 11) is -3.67. The number of nitrogens with zero attached hydrogens (tertiary/aromatic N) is 2. The van der Waals surface area contributed by atoms with Crippen molar-refractivity contribution < 1.29 is 18.0 Å². The molecule has 1 aliphatic heterocycles. The molecule has 6 nitrogen and oxygen atoms in total. The number of carbonyl (C=O) groups is 2. The smallest absolute Gasteiger partial charge is 0.243 e. The van der Waals surface area contributed by atoms with Crippen LogP contribution in [0.3, 0.4) is 0 Å². The van der Waals surface area contributed by atoms with Crippen molar-refractivity contribution in [2.24, 2.45) is 0 Å². The fourth-order valence-electron chi connectivity index (χ4n) is 2.93. The van der Waals surface area contributed by atoms with Gasteiger partial charge in [0, 0.05) is 25.9 Å². The fourth-order valence-corrected chi connectivity index (χ4v) is 4.37. The van der Waals surface area contributed by atoms with Crippen LogP contribution in [0.4, 0.5) is 5.69 Å². The molecular formula is C19H20N2O4S. The maximum Gasteiger partial charge on any atom is 0.243 e. The van der Waals surface area contributed by atoms with E-state index in [2.05, 4.69) is 0 Å². The number of carbonyl (C=O) groups excluding carboxylic acids is 2. The van der Waals surface area contributed by atoms with Gasteiger partial charge >= 0.3 is 0 Å². The molecule has 0 bridgehead atoms. The Balaban J connectivity index is 1.84. The molecule has 0 atom stereocenters. The molecule has 0 radical (unpaired) electrons. The van der Waals surface area contributed by atoms with Crippen molar-refractivity contribution in [3.05, 3.63) is 60.2 Å². The summed E-state index contributed by atoms with van der Waals surface area (Å²) < 4.78 is 27.2. The van der Waals surface area contributed by atoms with E-state index in [9.17, 15) is 18.0 Å². The summed E-state index contributed by atoms with van der Waals surface area (Å²) in [6.45, 7) is 2.41. The molecule has 1 aliphatic rings. The highest BCUT2D eigenvalue weighted by Crippen LogP contribution is 2.25. The molecule has 2 aromatic carbocycles. The Morgan fingerprint density at radius 3 is 2.04 bits per heavy atom. The van der Waals surface area contributed by atoms with Crippen LogP contribution in [0.1, 0.15) is 25.3 Å². The van der Waals surface area contributed by atoms with E-state index in [1.807, 2.05) is 30.3 Å². The van der Waals surface area contributed by atoms with Crippen molar-refractivity contribution in [3.63, 3.8) is 0 Å². The topological polar surface area (TPSA) is 74.8 Å². The molecule has 136 valence electrons. The van der Waals surface area contributed by atoms with E-state index in [0.29, 0.717) is 12.2 Å². The molecule has 2 aromatic rings. The number of hydrogen-bond donors (Lipinski definition) is 0. The average Bonchev–Trinajstić information content (AvgIpc) is 2.99. The third kappa shape index (κ3) is 3.54. The Bertz CT molecular complexity index is 892. The predicted molar refractivity (Wildman–Crippen MR) is 97.9 cm³/mol. The minimum atomic E-state index is -3.67. The van der Waals surface area contributed by atoms with Gasteiger partial charge in [0.25, 0.3) is 0 Å². The lowest BCUT2D eigenvalue weighted by molar-refractivity contribution is -0.121. The van der Waals surface area contributed by atoms with E-state index < -0.39 is 10.0 Å². The van der Waals surface area contributed by atoms with Crippen LogP contribution in [0.5, 0.6) is 0 Å². The molecule has 0 N–H and O–H groups in total. The van der Waals surface area contributed by atoms with E-state index in [-0.39, 0.29) is 36.1 Å². The van der Waals surface area contributed by atoms with Crippen molar-refractivity contribution >= 4 is 27.5 Å². The Labute approximate surface area is 153 Å². The molecule has 7 heteroatoms. The van der Waals surface area contributed by atoms with Crippen LogP contribution in [-0.2, 0) is 26.2 Å². The zero-order valence-corrected chi connectivity index (χ0v) is 15.3. The molecule has 0 aromatic heterocycles. The molecule has 2 amide bonds. The third-order valence-corrected chi connectivity index (χ3v) is 6.27. The second-order valence-corrected chi connectivity index (χ2v) is 7.97. The van der Waals surface area contributed by atoms with Gasteiger partial charge in [-0.1, -0.05) is 37.3 Å². The second-order valence-electron chi connectivity index (χ2n) is 6.03.